The smallest absolute Gasteiger partial charge is 0.128 e. The first-order valence-corrected chi connectivity index (χ1v) is 12.8. The average molecular weight is 441 g/mol. The van der Waals surface area contributed by atoms with Crippen LogP contribution in [0.25, 0.3) is 0 Å². The number of para-hydroxylation sites is 2. The lowest BCUT2D eigenvalue weighted by atomic mass is 9.94. The first-order valence-electron chi connectivity index (χ1n) is 12.8. The minimum Gasteiger partial charge on any atom is -0.493 e. The van der Waals surface area contributed by atoms with Crippen molar-refractivity contribution in [3.63, 3.8) is 0 Å². The van der Waals surface area contributed by atoms with Crippen LogP contribution < -0.4 is 9.47 Å². The van der Waals surface area contributed by atoms with Crippen LogP contribution in [0, 0.1) is 0 Å². The van der Waals surface area contributed by atoms with Crippen molar-refractivity contribution in [2.24, 2.45) is 0 Å². The predicted octanol–water partition coefficient (Wildman–Crippen LogP) is 7.81. The van der Waals surface area contributed by atoms with Crippen molar-refractivity contribution in [1.82, 2.24) is 0 Å². The second-order valence-electron chi connectivity index (χ2n) is 8.60. The molecule has 0 saturated heterocycles. The Bertz CT molecular complexity index is 718. The minimum atomic E-state index is -0.774. The summed E-state index contributed by atoms with van der Waals surface area (Å²) in [5.41, 5.74) is 3.96. The summed E-state index contributed by atoms with van der Waals surface area (Å²) < 4.78 is 12.5. The predicted molar refractivity (Wildman–Crippen MR) is 135 cm³/mol. The van der Waals surface area contributed by atoms with Gasteiger partial charge in [0.15, 0.2) is 0 Å². The van der Waals surface area contributed by atoms with Gasteiger partial charge in [-0.3, -0.25) is 0 Å². The minimum absolute atomic E-state index is 0.687. The molecule has 0 aromatic heterocycles. The molecule has 2 rings (SSSR count). The molecule has 32 heavy (non-hydrogen) atoms. The second kappa shape index (κ2) is 14.9. The van der Waals surface area contributed by atoms with Gasteiger partial charge in [-0.2, -0.15) is 0 Å². The SMILES string of the molecule is CCCCCCOc1c(CC)cccc1C(O)c1cccc(CC)c1OCCCCCC. The molecule has 0 amide bonds. The topological polar surface area (TPSA) is 38.7 Å². The first-order chi connectivity index (χ1) is 15.7. The first kappa shape index (κ1) is 26.3. The highest BCUT2D eigenvalue weighted by molar-refractivity contribution is 5.51. The zero-order valence-electron chi connectivity index (χ0n) is 20.8. The van der Waals surface area contributed by atoms with Crippen LogP contribution in [0.1, 0.15) is 107 Å². The molecule has 3 heteroatoms. The normalized spacial score (nSPS) is 11.2. The van der Waals surface area contributed by atoms with E-state index < -0.39 is 6.10 Å². The van der Waals surface area contributed by atoms with Crippen LogP contribution >= 0.6 is 0 Å². The fraction of sp³-hybridized carbons (Fsp3) is 0.586. The van der Waals surface area contributed by atoms with Crippen molar-refractivity contribution >= 4 is 0 Å². The summed E-state index contributed by atoms with van der Waals surface area (Å²) in [5.74, 6) is 1.68. The third-order valence-electron chi connectivity index (χ3n) is 6.09. The van der Waals surface area contributed by atoms with E-state index in [2.05, 4.69) is 39.8 Å². The van der Waals surface area contributed by atoms with Crippen LogP contribution in [0.4, 0.5) is 0 Å². The number of ether oxygens (including phenoxy) is 2. The summed E-state index contributed by atoms with van der Waals surface area (Å²) in [5, 5.41) is 11.5. The van der Waals surface area contributed by atoms with Crippen molar-refractivity contribution in [1.29, 1.82) is 0 Å². The maximum atomic E-state index is 11.5. The van der Waals surface area contributed by atoms with E-state index in [0.29, 0.717) is 13.2 Å². The van der Waals surface area contributed by atoms with E-state index in [4.69, 9.17) is 9.47 Å². The molecular weight excluding hydrogens is 396 g/mol. The van der Waals surface area contributed by atoms with Gasteiger partial charge >= 0.3 is 0 Å². The Kier molecular flexibility index (Phi) is 12.3. The van der Waals surface area contributed by atoms with Gasteiger partial charge in [0, 0.05) is 11.1 Å². The van der Waals surface area contributed by atoms with Crippen LogP contribution in [0.5, 0.6) is 11.5 Å². The molecule has 0 spiro atoms. The zero-order chi connectivity index (χ0) is 23.2. The number of rotatable bonds is 16. The zero-order valence-corrected chi connectivity index (χ0v) is 20.8. The van der Waals surface area contributed by atoms with E-state index in [9.17, 15) is 5.11 Å². The standard InChI is InChI=1S/C29H44O3/c1-5-9-11-13-21-31-28-23(7-3)17-15-19-25(28)27(30)26-20-16-18-24(8-4)29(26)32-22-14-12-10-6-2/h15-20,27,30H,5-14,21-22H2,1-4H3. The largest absolute Gasteiger partial charge is 0.493 e. The highest BCUT2D eigenvalue weighted by Crippen LogP contribution is 2.38. The Hall–Kier alpha value is -2.00. The average Bonchev–Trinajstić information content (AvgIpc) is 2.83. The van der Waals surface area contributed by atoms with Gasteiger partial charge in [0.25, 0.3) is 0 Å². The molecular formula is C29H44O3. The van der Waals surface area contributed by atoms with E-state index >= 15 is 0 Å². The summed E-state index contributed by atoms with van der Waals surface area (Å²) in [7, 11) is 0. The molecule has 0 aliphatic carbocycles. The van der Waals surface area contributed by atoms with Crippen LogP contribution in [0.2, 0.25) is 0 Å². The number of benzene rings is 2. The molecule has 0 heterocycles. The summed E-state index contributed by atoms with van der Waals surface area (Å²) >= 11 is 0. The number of aliphatic hydroxyl groups is 1. The fourth-order valence-corrected chi connectivity index (χ4v) is 4.12. The van der Waals surface area contributed by atoms with Gasteiger partial charge in [-0.1, -0.05) is 103 Å². The van der Waals surface area contributed by atoms with Crippen molar-refractivity contribution in [3.8, 4) is 11.5 Å². The van der Waals surface area contributed by atoms with Crippen LogP contribution in [-0.4, -0.2) is 18.3 Å². The molecule has 0 atom stereocenters. The molecule has 0 radical (unpaired) electrons. The summed E-state index contributed by atoms with van der Waals surface area (Å²) in [4.78, 5) is 0. The monoisotopic (exact) mass is 440 g/mol. The van der Waals surface area contributed by atoms with Crippen molar-refractivity contribution in [2.75, 3.05) is 13.2 Å². The van der Waals surface area contributed by atoms with E-state index in [1.807, 2.05) is 24.3 Å². The van der Waals surface area contributed by atoms with Gasteiger partial charge in [0.2, 0.25) is 0 Å². The molecule has 3 nitrogen and oxygen atoms in total. The Morgan fingerprint density at radius 1 is 0.625 bits per heavy atom. The van der Waals surface area contributed by atoms with Gasteiger partial charge in [0.1, 0.15) is 17.6 Å². The van der Waals surface area contributed by atoms with Crippen molar-refractivity contribution in [3.05, 3.63) is 58.7 Å². The molecule has 1 N–H and O–H groups in total. The van der Waals surface area contributed by atoms with Gasteiger partial charge in [0.05, 0.1) is 13.2 Å². The lowest BCUT2D eigenvalue weighted by Gasteiger charge is -2.22. The molecule has 0 unspecified atom stereocenters. The van der Waals surface area contributed by atoms with E-state index in [0.717, 1.165) is 59.4 Å². The Balaban J connectivity index is 2.28. The van der Waals surface area contributed by atoms with Gasteiger partial charge < -0.3 is 14.6 Å². The van der Waals surface area contributed by atoms with E-state index in [1.165, 1.54) is 38.5 Å². The van der Waals surface area contributed by atoms with Crippen LogP contribution in [-0.2, 0) is 12.8 Å². The number of hydrogen-bond donors (Lipinski definition) is 1. The number of unbranched alkanes of at least 4 members (excludes halogenated alkanes) is 6. The Labute approximate surface area is 196 Å². The molecule has 0 aliphatic rings. The van der Waals surface area contributed by atoms with Gasteiger partial charge in [-0.25, -0.2) is 0 Å². The Morgan fingerprint density at radius 2 is 1.06 bits per heavy atom. The quantitative estimate of drug-likeness (QED) is 0.270. The molecule has 2 aromatic rings. The lowest BCUT2D eigenvalue weighted by molar-refractivity contribution is 0.200. The number of hydrogen-bond acceptors (Lipinski definition) is 3. The fourth-order valence-electron chi connectivity index (χ4n) is 4.12. The summed E-state index contributed by atoms with van der Waals surface area (Å²) in [6, 6.07) is 12.2. The third-order valence-corrected chi connectivity index (χ3v) is 6.09. The van der Waals surface area contributed by atoms with E-state index in [1.54, 1.807) is 0 Å². The molecule has 0 saturated carbocycles. The van der Waals surface area contributed by atoms with Crippen LogP contribution in [0.15, 0.2) is 36.4 Å². The molecule has 0 fully saturated rings. The van der Waals surface area contributed by atoms with Gasteiger partial charge in [-0.05, 0) is 36.8 Å². The number of aryl methyl sites for hydroxylation is 2. The second-order valence-corrected chi connectivity index (χ2v) is 8.60. The third kappa shape index (κ3) is 7.55. The maximum Gasteiger partial charge on any atom is 0.128 e. The molecule has 0 bridgehead atoms. The number of aliphatic hydroxyl groups excluding tert-OH is 1. The van der Waals surface area contributed by atoms with Crippen molar-refractivity contribution < 1.29 is 14.6 Å². The van der Waals surface area contributed by atoms with Gasteiger partial charge in [-0.15, -0.1) is 0 Å². The lowest BCUT2D eigenvalue weighted by Crippen LogP contribution is -2.10. The summed E-state index contributed by atoms with van der Waals surface area (Å²) in [6.45, 7) is 10.1. The van der Waals surface area contributed by atoms with Crippen molar-refractivity contribution in [2.45, 2.75) is 98.0 Å². The van der Waals surface area contributed by atoms with Crippen LogP contribution in [0.3, 0.4) is 0 Å². The summed E-state index contributed by atoms with van der Waals surface area (Å²) in [6.07, 6.45) is 10.3. The Morgan fingerprint density at radius 3 is 1.44 bits per heavy atom. The van der Waals surface area contributed by atoms with E-state index in [-0.39, 0.29) is 0 Å². The molecule has 2 aromatic carbocycles. The molecule has 178 valence electrons. The highest BCUT2D eigenvalue weighted by atomic mass is 16.5. The molecule has 0 aliphatic heterocycles. The highest BCUT2D eigenvalue weighted by Gasteiger charge is 2.22. The maximum absolute atomic E-state index is 11.5.